The summed E-state index contributed by atoms with van der Waals surface area (Å²) in [5.41, 5.74) is 0. The Morgan fingerprint density at radius 2 is 1.06 bits per heavy atom. The zero-order valence-corrected chi connectivity index (χ0v) is 13.8. The number of alkyl halides is 1. The Morgan fingerprint density at radius 3 is 1.39 bits per heavy atom. The van der Waals surface area contributed by atoms with Crippen LogP contribution in [0.15, 0.2) is 0 Å². The van der Waals surface area contributed by atoms with E-state index in [9.17, 15) is 0 Å². The van der Waals surface area contributed by atoms with Gasteiger partial charge in [-0.1, -0.05) is 64.0 Å². The minimum absolute atomic E-state index is 0.779. The molecule has 18 heavy (non-hydrogen) atoms. The van der Waals surface area contributed by atoms with Crippen LogP contribution in [0.2, 0.25) is 0 Å². The van der Waals surface area contributed by atoms with Crippen LogP contribution in [0.5, 0.6) is 0 Å². The van der Waals surface area contributed by atoms with Gasteiger partial charge in [0.1, 0.15) is 0 Å². The fraction of sp³-hybridized carbons (Fsp3) is 1.00. The van der Waals surface area contributed by atoms with Crippen molar-refractivity contribution in [1.29, 1.82) is 0 Å². The Hall–Kier alpha value is 0.250. The standard InChI is InChI=1S/C16H35ClN/c1-4-6-8-10-12-14-18(3,16-17)15-13-11-9-7-5-2/h4-16H2,1-3H3/q+1. The van der Waals surface area contributed by atoms with Gasteiger partial charge in [-0.2, -0.15) is 0 Å². The smallest absolute Gasteiger partial charge is 0.154 e. The van der Waals surface area contributed by atoms with Gasteiger partial charge in [0.25, 0.3) is 0 Å². The van der Waals surface area contributed by atoms with Gasteiger partial charge < -0.3 is 4.48 Å². The van der Waals surface area contributed by atoms with E-state index in [0.717, 1.165) is 10.5 Å². The van der Waals surface area contributed by atoms with Crippen molar-refractivity contribution in [1.82, 2.24) is 0 Å². The lowest BCUT2D eigenvalue weighted by atomic mass is 10.1. The summed E-state index contributed by atoms with van der Waals surface area (Å²) in [5.74, 6) is 0. The molecule has 0 amide bonds. The molecule has 0 radical (unpaired) electrons. The Balaban J connectivity index is 3.60. The Kier molecular flexibility index (Phi) is 12.5. The average Bonchev–Trinajstić information content (AvgIpc) is 2.38. The van der Waals surface area contributed by atoms with Gasteiger partial charge in [0.15, 0.2) is 6.00 Å². The molecular weight excluding hydrogens is 242 g/mol. The van der Waals surface area contributed by atoms with Crippen LogP contribution in [0.4, 0.5) is 0 Å². The molecule has 0 fully saturated rings. The second-order valence-corrected chi connectivity index (χ2v) is 6.25. The van der Waals surface area contributed by atoms with Crippen molar-refractivity contribution in [3.05, 3.63) is 0 Å². The Bertz CT molecular complexity index is 156. The second-order valence-electron chi connectivity index (χ2n) is 6.01. The van der Waals surface area contributed by atoms with E-state index >= 15 is 0 Å². The van der Waals surface area contributed by atoms with Crippen molar-refractivity contribution in [2.24, 2.45) is 0 Å². The molecule has 0 unspecified atom stereocenters. The van der Waals surface area contributed by atoms with Gasteiger partial charge in [-0.15, -0.1) is 0 Å². The number of nitrogens with zero attached hydrogens (tertiary/aromatic N) is 1. The van der Waals surface area contributed by atoms with Crippen LogP contribution in [0.1, 0.15) is 78.1 Å². The molecule has 0 rings (SSSR count). The van der Waals surface area contributed by atoms with E-state index in [2.05, 4.69) is 20.9 Å². The van der Waals surface area contributed by atoms with Crippen LogP contribution in [0, 0.1) is 0 Å². The third kappa shape index (κ3) is 10.2. The molecule has 0 bridgehead atoms. The molecule has 0 saturated heterocycles. The molecule has 110 valence electrons. The lowest BCUT2D eigenvalue weighted by Gasteiger charge is -2.32. The molecule has 0 spiro atoms. The normalized spacial score (nSPS) is 12.0. The number of hydrogen-bond donors (Lipinski definition) is 0. The molecule has 1 nitrogen and oxygen atoms in total. The van der Waals surface area contributed by atoms with E-state index in [-0.39, 0.29) is 0 Å². The Labute approximate surface area is 120 Å². The van der Waals surface area contributed by atoms with E-state index in [1.165, 1.54) is 77.3 Å². The molecule has 0 atom stereocenters. The van der Waals surface area contributed by atoms with Gasteiger partial charge in [0.05, 0.1) is 20.1 Å². The van der Waals surface area contributed by atoms with Gasteiger partial charge in [-0.3, -0.25) is 0 Å². The molecule has 0 saturated carbocycles. The summed E-state index contributed by atoms with van der Waals surface area (Å²) in [4.78, 5) is 0. The van der Waals surface area contributed by atoms with Gasteiger partial charge in [0.2, 0.25) is 0 Å². The first-order chi connectivity index (χ1) is 8.68. The third-order valence-corrected chi connectivity index (χ3v) is 4.47. The number of halogens is 1. The summed E-state index contributed by atoms with van der Waals surface area (Å²) >= 11 is 6.16. The fourth-order valence-corrected chi connectivity index (χ4v) is 2.66. The predicted molar refractivity (Wildman–Crippen MR) is 84.2 cm³/mol. The van der Waals surface area contributed by atoms with Crippen LogP contribution in [0.25, 0.3) is 0 Å². The van der Waals surface area contributed by atoms with Gasteiger partial charge >= 0.3 is 0 Å². The highest BCUT2D eigenvalue weighted by Gasteiger charge is 2.18. The molecule has 0 aromatic carbocycles. The minimum atomic E-state index is 0.779. The first kappa shape index (κ1) is 18.2. The Morgan fingerprint density at radius 1 is 0.667 bits per heavy atom. The van der Waals surface area contributed by atoms with Crippen LogP contribution in [-0.4, -0.2) is 30.6 Å². The van der Waals surface area contributed by atoms with E-state index in [4.69, 9.17) is 11.6 Å². The summed E-state index contributed by atoms with van der Waals surface area (Å²) in [6, 6.07) is 0.779. The van der Waals surface area contributed by atoms with E-state index in [1.807, 2.05) is 0 Å². The molecule has 0 aromatic heterocycles. The SMILES string of the molecule is CCCCCCC[N+](C)(CCl)CCCCCCC. The van der Waals surface area contributed by atoms with Crippen molar-refractivity contribution < 1.29 is 4.48 Å². The minimum Gasteiger partial charge on any atom is -0.313 e. The summed E-state index contributed by atoms with van der Waals surface area (Å²) in [6.07, 6.45) is 13.7. The highest BCUT2D eigenvalue weighted by Crippen LogP contribution is 2.13. The number of hydrogen-bond acceptors (Lipinski definition) is 0. The molecule has 0 aliphatic heterocycles. The van der Waals surface area contributed by atoms with Crippen LogP contribution in [-0.2, 0) is 0 Å². The lowest BCUT2D eigenvalue weighted by Crippen LogP contribution is -2.44. The maximum absolute atomic E-state index is 6.16. The number of unbranched alkanes of at least 4 members (excludes halogenated alkanes) is 8. The van der Waals surface area contributed by atoms with Crippen molar-refractivity contribution in [3.63, 3.8) is 0 Å². The van der Waals surface area contributed by atoms with Gasteiger partial charge in [0, 0.05) is 0 Å². The van der Waals surface area contributed by atoms with E-state index < -0.39 is 0 Å². The fourth-order valence-electron chi connectivity index (χ4n) is 2.43. The van der Waals surface area contributed by atoms with Crippen LogP contribution in [0.3, 0.4) is 0 Å². The van der Waals surface area contributed by atoms with Crippen molar-refractivity contribution >= 4 is 11.6 Å². The molecule has 0 N–H and O–H groups in total. The monoisotopic (exact) mass is 276 g/mol. The number of quaternary nitrogens is 1. The summed E-state index contributed by atoms with van der Waals surface area (Å²) < 4.78 is 1.07. The zero-order chi connectivity index (χ0) is 13.7. The molecular formula is C16H35ClN+. The quantitative estimate of drug-likeness (QED) is 0.179. The summed E-state index contributed by atoms with van der Waals surface area (Å²) in [7, 11) is 2.33. The van der Waals surface area contributed by atoms with Crippen molar-refractivity contribution in [3.8, 4) is 0 Å². The molecule has 0 aliphatic rings. The predicted octanol–water partition coefficient (Wildman–Crippen LogP) is 5.57. The highest BCUT2D eigenvalue weighted by molar-refractivity contribution is 6.16. The number of rotatable bonds is 13. The zero-order valence-electron chi connectivity index (χ0n) is 13.0. The van der Waals surface area contributed by atoms with Crippen molar-refractivity contribution in [2.75, 3.05) is 26.1 Å². The molecule has 2 heteroatoms. The van der Waals surface area contributed by atoms with E-state index in [1.54, 1.807) is 0 Å². The third-order valence-electron chi connectivity index (χ3n) is 3.89. The highest BCUT2D eigenvalue weighted by atomic mass is 35.5. The summed E-state index contributed by atoms with van der Waals surface area (Å²) in [5, 5.41) is 0. The average molecular weight is 277 g/mol. The first-order valence-corrected chi connectivity index (χ1v) is 8.61. The molecule has 0 aliphatic carbocycles. The first-order valence-electron chi connectivity index (χ1n) is 8.08. The largest absolute Gasteiger partial charge is 0.313 e. The van der Waals surface area contributed by atoms with E-state index in [0.29, 0.717) is 0 Å². The topological polar surface area (TPSA) is 0 Å². The summed E-state index contributed by atoms with van der Waals surface area (Å²) in [6.45, 7) is 7.08. The van der Waals surface area contributed by atoms with Crippen molar-refractivity contribution in [2.45, 2.75) is 78.1 Å². The van der Waals surface area contributed by atoms with Crippen LogP contribution < -0.4 is 0 Å². The maximum Gasteiger partial charge on any atom is 0.154 e. The van der Waals surface area contributed by atoms with Gasteiger partial charge in [-0.05, 0) is 25.7 Å². The maximum atomic E-state index is 6.16. The second kappa shape index (κ2) is 12.3. The molecule has 0 heterocycles. The molecule has 0 aromatic rings. The van der Waals surface area contributed by atoms with Crippen LogP contribution >= 0.6 is 11.6 Å². The van der Waals surface area contributed by atoms with Gasteiger partial charge in [-0.25, -0.2) is 0 Å². The lowest BCUT2D eigenvalue weighted by molar-refractivity contribution is -0.899.